The molecule has 1 amide bonds. The van der Waals surface area contributed by atoms with E-state index in [1.165, 1.54) is 0 Å². The number of hydrogen-bond acceptors (Lipinski definition) is 5. The van der Waals surface area contributed by atoms with Gasteiger partial charge >= 0.3 is 0 Å². The van der Waals surface area contributed by atoms with E-state index in [-0.39, 0.29) is 5.91 Å². The van der Waals surface area contributed by atoms with Gasteiger partial charge in [0.15, 0.2) is 0 Å². The van der Waals surface area contributed by atoms with Crippen molar-refractivity contribution in [2.24, 2.45) is 0 Å². The fourth-order valence-corrected chi connectivity index (χ4v) is 1.81. The summed E-state index contributed by atoms with van der Waals surface area (Å²) in [7, 11) is 3.72. The molecule has 0 aliphatic carbocycles. The first-order valence-corrected chi connectivity index (χ1v) is 6.55. The SMILES string of the molecule is CCN(CC)C(=O)CN(C)Cc1cnc(NC)cn1. The molecule has 0 unspecified atom stereocenters. The summed E-state index contributed by atoms with van der Waals surface area (Å²) in [6, 6.07) is 0. The lowest BCUT2D eigenvalue weighted by Gasteiger charge is -2.22. The Morgan fingerprint density at radius 2 is 1.95 bits per heavy atom. The second kappa shape index (κ2) is 7.68. The van der Waals surface area contributed by atoms with E-state index in [0.29, 0.717) is 13.1 Å². The van der Waals surface area contributed by atoms with E-state index >= 15 is 0 Å². The number of carbonyl (C=O) groups is 1. The molecule has 106 valence electrons. The number of amides is 1. The summed E-state index contributed by atoms with van der Waals surface area (Å²) in [6.45, 7) is 6.49. The van der Waals surface area contributed by atoms with E-state index in [4.69, 9.17) is 0 Å². The van der Waals surface area contributed by atoms with Crippen LogP contribution in [-0.4, -0.2) is 59.4 Å². The molecule has 1 rings (SSSR count). The lowest BCUT2D eigenvalue weighted by Crippen LogP contribution is -2.38. The lowest BCUT2D eigenvalue weighted by molar-refractivity contribution is -0.131. The molecule has 0 fully saturated rings. The largest absolute Gasteiger partial charge is 0.372 e. The number of anilines is 1. The molecule has 0 saturated heterocycles. The fraction of sp³-hybridized carbons (Fsp3) is 0.615. The molecule has 0 bridgehead atoms. The lowest BCUT2D eigenvalue weighted by atomic mass is 10.3. The third-order valence-electron chi connectivity index (χ3n) is 2.91. The summed E-state index contributed by atoms with van der Waals surface area (Å²) in [4.78, 5) is 24.2. The van der Waals surface area contributed by atoms with Gasteiger partial charge in [-0.05, 0) is 20.9 Å². The minimum Gasteiger partial charge on any atom is -0.372 e. The summed E-state index contributed by atoms with van der Waals surface area (Å²) >= 11 is 0. The quantitative estimate of drug-likeness (QED) is 0.791. The highest BCUT2D eigenvalue weighted by molar-refractivity contribution is 5.78. The van der Waals surface area contributed by atoms with Crippen LogP contribution in [0.4, 0.5) is 5.82 Å². The van der Waals surface area contributed by atoms with Crippen LogP contribution in [-0.2, 0) is 11.3 Å². The molecule has 0 radical (unpaired) electrons. The molecule has 0 aromatic carbocycles. The third kappa shape index (κ3) is 4.82. The minimum absolute atomic E-state index is 0.146. The van der Waals surface area contributed by atoms with Crippen LogP contribution in [0.2, 0.25) is 0 Å². The molecule has 1 heterocycles. The van der Waals surface area contributed by atoms with Crippen molar-refractivity contribution in [3.8, 4) is 0 Å². The molecule has 6 heteroatoms. The number of aromatic nitrogens is 2. The molecule has 19 heavy (non-hydrogen) atoms. The Kier molecular flexibility index (Phi) is 6.21. The zero-order chi connectivity index (χ0) is 14.3. The standard InChI is InChI=1S/C13H23N5O/c1-5-18(6-2)13(19)10-17(4)9-11-7-16-12(14-3)8-15-11/h7-8H,5-6,9-10H2,1-4H3,(H,14,16). The van der Waals surface area contributed by atoms with E-state index in [9.17, 15) is 4.79 Å². The van der Waals surface area contributed by atoms with E-state index in [0.717, 1.165) is 24.6 Å². The molecular formula is C13H23N5O. The van der Waals surface area contributed by atoms with Crippen LogP contribution in [0.5, 0.6) is 0 Å². The first kappa shape index (κ1) is 15.4. The highest BCUT2D eigenvalue weighted by Crippen LogP contribution is 2.03. The van der Waals surface area contributed by atoms with Gasteiger partial charge in [0.05, 0.1) is 24.6 Å². The molecule has 0 aliphatic heterocycles. The van der Waals surface area contributed by atoms with E-state index in [2.05, 4.69) is 15.3 Å². The Bertz CT molecular complexity index is 389. The monoisotopic (exact) mass is 265 g/mol. The Hall–Kier alpha value is -1.69. The van der Waals surface area contributed by atoms with Crippen LogP contribution in [0, 0.1) is 0 Å². The Balaban J connectivity index is 2.49. The Morgan fingerprint density at radius 3 is 2.42 bits per heavy atom. The second-order valence-corrected chi connectivity index (χ2v) is 4.38. The van der Waals surface area contributed by atoms with Crippen molar-refractivity contribution in [3.05, 3.63) is 18.1 Å². The molecule has 6 nitrogen and oxygen atoms in total. The Labute approximate surface area is 114 Å². The third-order valence-corrected chi connectivity index (χ3v) is 2.91. The topological polar surface area (TPSA) is 61.4 Å². The van der Waals surface area contributed by atoms with Gasteiger partial charge in [-0.1, -0.05) is 0 Å². The highest BCUT2D eigenvalue weighted by atomic mass is 16.2. The second-order valence-electron chi connectivity index (χ2n) is 4.38. The zero-order valence-electron chi connectivity index (χ0n) is 12.2. The number of hydrogen-bond donors (Lipinski definition) is 1. The molecule has 1 aromatic rings. The smallest absolute Gasteiger partial charge is 0.236 e. The Morgan fingerprint density at radius 1 is 1.26 bits per heavy atom. The van der Waals surface area contributed by atoms with Gasteiger partial charge in [-0.15, -0.1) is 0 Å². The first-order chi connectivity index (χ1) is 9.10. The summed E-state index contributed by atoms with van der Waals surface area (Å²) < 4.78 is 0. The fourth-order valence-electron chi connectivity index (χ4n) is 1.81. The maximum atomic E-state index is 11.9. The van der Waals surface area contributed by atoms with Gasteiger partial charge in [0, 0.05) is 26.7 Å². The average Bonchev–Trinajstić information content (AvgIpc) is 2.40. The van der Waals surface area contributed by atoms with Gasteiger partial charge in [0.1, 0.15) is 5.82 Å². The van der Waals surface area contributed by atoms with E-state index in [1.807, 2.05) is 30.7 Å². The van der Waals surface area contributed by atoms with Crippen molar-refractivity contribution in [1.82, 2.24) is 19.8 Å². The number of nitrogens with zero attached hydrogens (tertiary/aromatic N) is 4. The van der Waals surface area contributed by atoms with Crippen LogP contribution < -0.4 is 5.32 Å². The number of carbonyl (C=O) groups excluding carboxylic acids is 1. The van der Waals surface area contributed by atoms with Crippen LogP contribution in [0.15, 0.2) is 12.4 Å². The number of rotatable bonds is 7. The molecular weight excluding hydrogens is 242 g/mol. The molecule has 0 saturated carbocycles. The van der Waals surface area contributed by atoms with E-state index in [1.54, 1.807) is 19.4 Å². The van der Waals surface area contributed by atoms with Gasteiger partial charge in [-0.25, -0.2) is 4.98 Å². The maximum absolute atomic E-state index is 11.9. The summed E-state index contributed by atoms with van der Waals surface area (Å²) in [6.07, 6.45) is 3.42. The van der Waals surface area contributed by atoms with Crippen LogP contribution >= 0.6 is 0 Å². The molecule has 1 N–H and O–H groups in total. The number of nitrogens with one attached hydrogen (secondary N) is 1. The normalized spacial score (nSPS) is 10.6. The predicted octanol–water partition coefficient (Wildman–Crippen LogP) is 0.818. The van der Waals surface area contributed by atoms with Crippen molar-refractivity contribution >= 4 is 11.7 Å². The van der Waals surface area contributed by atoms with Crippen molar-refractivity contribution in [3.63, 3.8) is 0 Å². The molecule has 1 aromatic heterocycles. The maximum Gasteiger partial charge on any atom is 0.236 e. The molecule has 0 spiro atoms. The minimum atomic E-state index is 0.146. The summed E-state index contributed by atoms with van der Waals surface area (Å²) in [5, 5.41) is 2.92. The molecule has 0 atom stereocenters. The van der Waals surface area contributed by atoms with Crippen molar-refractivity contribution in [1.29, 1.82) is 0 Å². The van der Waals surface area contributed by atoms with Gasteiger partial charge < -0.3 is 10.2 Å². The first-order valence-electron chi connectivity index (χ1n) is 6.55. The molecule has 0 aliphatic rings. The zero-order valence-corrected chi connectivity index (χ0v) is 12.2. The summed E-state index contributed by atoms with van der Waals surface area (Å²) in [5.41, 5.74) is 0.855. The number of likely N-dealkylation sites (N-methyl/N-ethyl adjacent to an activating group) is 2. The van der Waals surface area contributed by atoms with Crippen molar-refractivity contribution < 1.29 is 4.79 Å². The average molecular weight is 265 g/mol. The van der Waals surface area contributed by atoms with Gasteiger partial charge in [-0.2, -0.15) is 0 Å². The van der Waals surface area contributed by atoms with Crippen LogP contribution in [0.1, 0.15) is 19.5 Å². The van der Waals surface area contributed by atoms with Crippen LogP contribution in [0.25, 0.3) is 0 Å². The highest BCUT2D eigenvalue weighted by Gasteiger charge is 2.12. The summed E-state index contributed by atoms with van der Waals surface area (Å²) in [5.74, 6) is 0.887. The van der Waals surface area contributed by atoms with Crippen molar-refractivity contribution in [2.75, 3.05) is 39.0 Å². The van der Waals surface area contributed by atoms with Crippen molar-refractivity contribution in [2.45, 2.75) is 20.4 Å². The predicted molar refractivity (Wildman–Crippen MR) is 75.8 cm³/mol. The van der Waals surface area contributed by atoms with Gasteiger partial charge in [-0.3, -0.25) is 14.7 Å². The van der Waals surface area contributed by atoms with Gasteiger partial charge in [0.25, 0.3) is 0 Å². The van der Waals surface area contributed by atoms with Crippen LogP contribution in [0.3, 0.4) is 0 Å². The van der Waals surface area contributed by atoms with E-state index < -0.39 is 0 Å². The van der Waals surface area contributed by atoms with Gasteiger partial charge in [0.2, 0.25) is 5.91 Å².